The molecule has 0 atom stereocenters. The van der Waals surface area contributed by atoms with Gasteiger partial charge in [0.2, 0.25) is 5.91 Å². The van der Waals surface area contributed by atoms with Crippen molar-refractivity contribution in [2.45, 2.75) is 33.2 Å². The van der Waals surface area contributed by atoms with Crippen LogP contribution in [0.25, 0.3) is 0 Å². The van der Waals surface area contributed by atoms with Crippen LogP contribution in [0.3, 0.4) is 0 Å². The molecule has 0 radical (unpaired) electrons. The number of rotatable bonds is 4. The molecule has 4 nitrogen and oxygen atoms in total. The lowest BCUT2D eigenvalue weighted by Gasteiger charge is -2.35. The van der Waals surface area contributed by atoms with E-state index in [0.29, 0.717) is 18.7 Å². The first-order valence-corrected chi connectivity index (χ1v) is 7.33. The van der Waals surface area contributed by atoms with Crippen LogP contribution >= 0.6 is 15.9 Å². The van der Waals surface area contributed by atoms with Crippen LogP contribution in [0.4, 0.5) is 0 Å². The van der Waals surface area contributed by atoms with Crippen molar-refractivity contribution in [1.82, 2.24) is 10.2 Å². The molecular formula is C15H21BrN2O2. The third-order valence-electron chi connectivity index (χ3n) is 2.92. The number of hydrogen-bond acceptors (Lipinski definition) is 2. The van der Waals surface area contributed by atoms with Gasteiger partial charge in [-0.2, -0.15) is 0 Å². The Balaban J connectivity index is 2.53. The van der Waals surface area contributed by atoms with Gasteiger partial charge in [0.15, 0.2) is 0 Å². The number of carbonyl (C=O) groups excluding carboxylic acids is 2. The van der Waals surface area contributed by atoms with E-state index in [2.05, 4.69) is 21.2 Å². The number of amides is 2. The van der Waals surface area contributed by atoms with E-state index in [9.17, 15) is 9.59 Å². The zero-order valence-electron chi connectivity index (χ0n) is 12.4. The quantitative estimate of drug-likeness (QED) is 0.916. The molecule has 1 aromatic rings. The molecule has 0 saturated heterocycles. The molecule has 0 spiro atoms. The summed E-state index contributed by atoms with van der Waals surface area (Å²) in [6.45, 7) is 8.41. The third-order valence-corrected chi connectivity index (χ3v) is 3.45. The molecule has 0 aliphatic heterocycles. The number of halogens is 1. The molecule has 20 heavy (non-hydrogen) atoms. The molecule has 110 valence electrons. The van der Waals surface area contributed by atoms with Gasteiger partial charge in [0.25, 0.3) is 5.91 Å². The number of benzene rings is 1. The van der Waals surface area contributed by atoms with Crippen LogP contribution in [-0.4, -0.2) is 35.3 Å². The molecule has 0 aliphatic rings. The van der Waals surface area contributed by atoms with Gasteiger partial charge >= 0.3 is 0 Å². The van der Waals surface area contributed by atoms with Crippen LogP contribution in [0.1, 0.15) is 38.1 Å². The SMILES string of the molecule is CC(=O)N(CCNC(=O)c1ccc(Br)cc1)C(C)(C)C. The molecule has 2 amide bonds. The van der Waals surface area contributed by atoms with Crippen molar-refractivity contribution in [1.29, 1.82) is 0 Å². The molecule has 1 aromatic carbocycles. The van der Waals surface area contributed by atoms with E-state index in [0.717, 1.165) is 4.47 Å². The van der Waals surface area contributed by atoms with Crippen molar-refractivity contribution < 1.29 is 9.59 Å². The highest BCUT2D eigenvalue weighted by Gasteiger charge is 2.23. The minimum Gasteiger partial charge on any atom is -0.350 e. The average molecular weight is 341 g/mol. The van der Waals surface area contributed by atoms with Gasteiger partial charge in [-0.15, -0.1) is 0 Å². The Morgan fingerprint density at radius 3 is 2.20 bits per heavy atom. The predicted molar refractivity (Wildman–Crippen MR) is 83.6 cm³/mol. The first-order valence-electron chi connectivity index (χ1n) is 6.54. The molecule has 0 unspecified atom stereocenters. The summed E-state index contributed by atoms with van der Waals surface area (Å²) in [7, 11) is 0. The van der Waals surface area contributed by atoms with Gasteiger partial charge in [-0.1, -0.05) is 15.9 Å². The fourth-order valence-corrected chi connectivity index (χ4v) is 2.21. The first kappa shape index (κ1) is 16.7. The zero-order chi connectivity index (χ0) is 15.3. The van der Waals surface area contributed by atoms with E-state index in [1.807, 2.05) is 32.9 Å². The smallest absolute Gasteiger partial charge is 0.251 e. The van der Waals surface area contributed by atoms with E-state index in [-0.39, 0.29) is 17.4 Å². The lowest BCUT2D eigenvalue weighted by molar-refractivity contribution is -0.133. The van der Waals surface area contributed by atoms with Crippen LogP contribution in [0.5, 0.6) is 0 Å². The second-order valence-electron chi connectivity index (χ2n) is 5.60. The molecule has 5 heteroatoms. The Hall–Kier alpha value is -1.36. The maximum atomic E-state index is 11.9. The van der Waals surface area contributed by atoms with Crippen molar-refractivity contribution in [3.8, 4) is 0 Å². The van der Waals surface area contributed by atoms with Gasteiger partial charge in [-0.05, 0) is 45.0 Å². The summed E-state index contributed by atoms with van der Waals surface area (Å²) in [4.78, 5) is 25.3. The molecule has 1 N–H and O–H groups in total. The Labute approximate surface area is 128 Å². The van der Waals surface area contributed by atoms with Crippen molar-refractivity contribution >= 4 is 27.7 Å². The second-order valence-corrected chi connectivity index (χ2v) is 6.52. The largest absolute Gasteiger partial charge is 0.350 e. The van der Waals surface area contributed by atoms with E-state index in [4.69, 9.17) is 0 Å². The van der Waals surface area contributed by atoms with Gasteiger partial charge in [-0.3, -0.25) is 9.59 Å². The van der Waals surface area contributed by atoms with Crippen LogP contribution in [0, 0.1) is 0 Å². The highest BCUT2D eigenvalue weighted by molar-refractivity contribution is 9.10. The minimum absolute atomic E-state index is 0.00962. The molecule has 0 heterocycles. The minimum atomic E-state index is -0.242. The van der Waals surface area contributed by atoms with Gasteiger partial charge in [-0.25, -0.2) is 0 Å². The summed E-state index contributed by atoms with van der Waals surface area (Å²) in [5.74, 6) is -0.120. The van der Waals surface area contributed by atoms with Gasteiger partial charge in [0.05, 0.1) is 0 Å². The van der Waals surface area contributed by atoms with E-state index < -0.39 is 0 Å². The lowest BCUT2D eigenvalue weighted by Crippen LogP contribution is -2.48. The predicted octanol–water partition coefficient (Wildman–Crippen LogP) is 2.83. The molecule has 0 bridgehead atoms. The summed E-state index contributed by atoms with van der Waals surface area (Å²) in [6, 6.07) is 7.16. The molecule has 0 aliphatic carbocycles. The zero-order valence-corrected chi connectivity index (χ0v) is 14.0. The topological polar surface area (TPSA) is 49.4 Å². The number of hydrogen-bond donors (Lipinski definition) is 1. The fraction of sp³-hybridized carbons (Fsp3) is 0.467. The maximum absolute atomic E-state index is 11.9. The normalized spacial score (nSPS) is 11.1. The van der Waals surface area contributed by atoms with Crippen molar-refractivity contribution in [2.75, 3.05) is 13.1 Å². The second kappa shape index (κ2) is 6.88. The van der Waals surface area contributed by atoms with Crippen LogP contribution in [0.2, 0.25) is 0 Å². The summed E-state index contributed by atoms with van der Waals surface area (Å²) in [6.07, 6.45) is 0. The molecule has 1 rings (SSSR count). The number of nitrogens with zero attached hydrogens (tertiary/aromatic N) is 1. The Bertz CT molecular complexity index is 478. The molecular weight excluding hydrogens is 320 g/mol. The Morgan fingerprint density at radius 1 is 1.20 bits per heavy atom. The highest BCUT2D eigenvalue weighted by Crippen LogP contribution is 2.13. The van der Waals surface area contributed by atoms with Crippen LogP contribution in [0.15, 0.2) is 28.7 Å². The summed E-state index contributed by atoms with van der Waals surface area (Å²) < 4.78 is 0.935. The summed E-state index contributed by atoms with van der Waals surface area (Å²) in [5.41, 5.74) is 0.368. The average Bonchev–Trinajstić information content (AvgIpc) is 2.33. The highest BCUT2D eigenvalue weighted by atomic mass is 79.9. The standard InChI is InChI=1S/C15H21BrN2O2/c1-11(19)18(15(2,3)4)10-9-17-14(20)12-5-7-13(16)8-6-12/h5-8H,9-10H2,1-4H3,(H,17,20). The number of carbonyl (C=O) groups is 2. The van der Waals surface area contributed by atoms with E-state index >= 15 is 0 Å². The van der Waals surface area contributed by atoms with Crippen LogP contribution in [-0.2, 0) is 4.79 Å². The van der Waals surface area contributed by atoms with Crippen LogP contribution < -0.4 is 5.32 Å². The summed E-state index contributed by atoms with van der Waals surface area (Å²) >= 11 is 3.33. The van der Waals surface area contributed by atoms with Gasteiger partial charge in [0.1, 0.15) is 0 Å². The lowest BCUT2D eigenvalue weighted by atomic mass is 10.1. The van der Waals surface area contributed by atoms with Crippen molar-refractivity contribution in [3.05, 3.63) is 34.3 Å². The Kier molecular flexibility index (Phi) is 5.74. The Morgan fingerprint density at radius 2 is 1.75 bits per heavy atom. The molecule has 0 saturated carbocycles. The fourth-order valence-electron chi connectivity index (χ4n) is 1.95. The molecule has 0 aromatic heterocycles. The first-order chi connectivity index (χ1) is 9.21. The maximum Gasteiger partial charge on any atom is 0.251 e. The third kappa shape index (κ3) is 4.96. The summed E-state index contributed by atoms with van der Waals surface area (Å²) in [5, 5.41) is 2.83. The van der Waals surface area contributed by atoms with E-state index in [1.165, 1.54) is 0 Å². The monoisotopic (exact) mass is 340 g/mol. The van der Waals surface area contributed by atoms with Crippen molar-refractivity contribution in [3.63, 3.8) is 0 Å². The van der Waals surface area contributed by atoms with E-state index in [1.54, 1.807) is 24.0 Å². The number of nitrogens with one attached hydrogen (secondary N) is 1. The van der Waals surface area contributed by atoms with Crippen molar-refractivity contribution in [2.24, 2.45) is 0 Å². The van der Waals surface area contributed by atoms with Gasteiger partial charge in [0, 0.05) is 35.6 Å². The van der Waals surface area contributed by atoms with Gasteiger partial charge < -0.3 is 10.2 Å². The molecule has 0 fully saturated rings.